The number of rotatable bonds is 7. The highest BCUT2D eigenvalue weighted by atomic mass is 35.5. The Hall–Kier alpha value is -2.73. The maximum atomic E-state index is 12.3. The topological polar surface area (TPSA) is 69.7 Å². The van der Waals surface area contributed by atoms with Crippen molar-refractivity contribution in [2.75, 3.05) is 14.2 Å². The summed E-state index contributed by atoms with van der Waals surface area (Å²) in [4.78, 5) is 16.4. The number of benzene rings is 1. The number of hydrogen-bond donors (Lipinski definition) is 1. The summed E-state index contributed by atoms with van der Waals surface area (Å²) in [5.74, 6) is 1.76. The molecule has 1 aromatic carbocycles. The van der Waals surface area contributed by atoms with Crippen LogP contribution in [0.25, 0.3) is 6.08 Å². The molecule has 0 bridgehead atoms. The van der Waals surface area contributed by atoms with Crippen LogP contribution in [0.1, 0.15) is 31.2 Å². The highest BCUT2D eigenvalue weighted by Gasteiger charge is 2.23. The lowest BCUT2D eigenvalue weighted by atomic mass is 9.93. The lowest BCUT2D eigenvalue weighted by Gasteiger charge is -2.28. The van der Waals surface area contributed by atoms with Gasteiger partial charge in [-0.2, -0.15) is 0 Å². The second-order valence-corrected chi connectivity index (χ2v) is 7.30. The summed E-state index contributed by atoms with van der Waals surface area (Å²) in [6.45, 7) is 0. The van der Waals surface area contributed by atoms with Crippen molar-refractivity contribution in [2.24, 2.45) is 0 Å². The Morgan fingerprint density at radius 2 is 1.86 bits per heavy atom. The third-order valence-corrected chi connectivity index (χ3v) is 5.07. The van der Waals surface area contributed by atoms with Crippen LogP contribution in [-0.4, -0.2) is 37.3 Å². The van der Waals surface area contributed by atoms with Gasteiger partial charge in [0.1, 0.15) is 6.10 Å². The van der Waals surface area contributed by atoms with E-state index < -0.39 is 0 Å². The number of methoxy groups -OCH3 is 2. The summed E-state index contributed by atoms with van der Waals surface area (Å²) in [6.07, 6.45) is 8.47. The first-order chi connectivity index (χ1) is 14.1. The molecule has 154 valence electrons. The van der Waals surface area contributed by atoms with E-state index in [1.165, 1.54) is 0 Å². The molecule has 0 unspecified atom stereocenters. The number of nitrogens with one attached hydrogen (secondary N) is 1. The second kappa shape index (κ2) is 10.2. The molecule has 0 saturated heterocycles. The molecule has 0 atom stereocenters. The first-order valence-electron chi connectivity index (χ1n) is 9.56. The van der Waals surface area contributed by atoms with E-state index in [9.17, 15) is 4.79 Å². The third-order valence-electron chi connectivity index (χ3n) is 4.84. The molecule has 0 spiro atoms. The second-order valence-electron chi connectivity index (χ2n) is 6.86. The predicted molar refractivity (Wildman–Crippen MR) is 113 cm³/mol. The zero-order valence-electron chi connectivity index (χ0n) is 16.6. The maximum absolute atomic E-state index is 12.3. The van der Waals surface area contributed by atoms with Crippen LogP contribution in [0.3, 0.4) is 0 Å². The molecule has 2 aromatic rings. The van der Waals surface area contributed by atoms with Gasteiger partial charge in [-0.3, -0.25) is 4.79 Å². The molecule has 1 aliphatic carbocycles. The Bertz CT molecular complexity index is 846. The van der Waals surface area contributed by atoms with Crippen molar-refractivity contribution in [3.63, 3.8) is 0 Å². The molecule has 1 aliphatic rings. The number of carbonyl (C=O) groups is 1. The van der Waals surface area contributed by atoms with Crippen LogP contribution in [-0.2, 0) is 4.79 Å². The van der Waals surface area contributed by atoms with Gasteiger partial charge in [-0.1, -0.05) is 17.7 Å². The number of nitrogens with zero attached hydrogens (tertiary/aromatic N) is 1. The fourth-order valence-corrected chi connectivity index (χ4v) is 3.42. The first-order valence-corrected chi connectivity index (χ1v) is 9.94. The largest absolute Gasteiger partial charge is 0.493 e. The van der Waals surface area contributed by atoms with Crippen LogP contribution < -0.4 is 19.5 Å². The van der Waals surface area contributed by atoms with Gasteiger partial charge in [0.25, 0.3) is 0 Å². The third kappa shape index (κ3) is 6.12. The predicted octanol–water partition coefficient (Wildman–Crippen LogP) is 4.27. The Labute approximate surface area is 175 Å². The van der Waals surface area contributed by atoms with Gasteiger partial charge in [-0.05, 0) is 55.5 Å². The summed E-state index contributed by atoms with van der Waals surface area (Å²) >= 11 is 5.84. The average molecular weight is 417 g/mol. The lowest BCUT2D eigenvalue weighted by molar-refractivity contribution is -0.117. The minimum absolute atomic E-state index is 0.108. The lowest BCUT2D eigenvalue weighted by Crippen LogP contribution is -2.39. The molecule has 0 aliphatic heterocycles. The summed E-state index contributed by atoms with van der Waals surface area (Å²) in [5, 5.41) is 3.65. The summed E-state index contributed by atoms with van der Waals surface area (Å²) in [7, 11) is 3.17. The van der Waals surface area contributed by atoms with Crippen LogP contribution in [0.15, 0.2) is 42.6 Å². The fraction of sp³-hybridized carbons (Fsp3) is 0.364. The van der Waals surface area contributed by atoms with Crippen LogP contribution in [0.2, 0.25) is 5.02 Å². The van der Waals surface area contributed by atoms with Crippen molar-refractivity contribution in [2.45, 2.75) is 37.8 Å². The Kier molecular flexibility index (Phi) is 7.36. The van der Waals surface area contributed by atoms with Crippen LogP contribution >= 0.6 is 11.6 Å². The van der Waals surface area contributed by atoms with Crippen molar-refractivity contribution >= 4 is 23.6 Å². The summed E-state index contributed by atoms with van der Waals surface area (Å²) < 4.78 is 16.4. The van der Waals surface area contributed by atoms with E-state index in [-0.39, 0.29) is 18.1 Å². The number of hydrogen-bond acceptors (Lipinski definition) is 5. The Balaban J connectivity index is 1.46. The Morgan fingerprint density at radius 3 is 2.52 bits per heavy atom. The van der Waals surface area contributed by atoms with Gasteiger partial charge in [0, 0.05) is 24.4 Å². The SMILES string of the molecule is COc1ccc(/C=C/C(=O)NC2CCC(Oc3ccc(Cl)cn3)CC2)cc1OC. The van der Waals surface area contributed by atoms with Crippen molar-refractivity contribution < 1.29 is 19.0 Å². The number of pyridine rings is 1. The van der Waals surface area contributed by atoms with Crippen molar-refractivity contribution in [3.05, 3.63) is 53.2 Å². The summed E-state index contributed by atoms with van der Waals surface area (Å²) in [6, 6.07) is 9.20. The van der Waals surface area contributed by atoms with E-state index in [4.69, 9.17) is 25.8 Å². The molecule has 1 saturated carbocycles. The van der Waals surface area contributed by atoms with Crippen LogP contribution in [0.4, 0.5) is 0 Å². The molecule has 1 amide bonds. The minimum atomic E-state index is -0.108. The zero-order valence-corrected chi connectivity index (χ0v) is 17.3. The number of ether oxygens (including phenoxy) is 3. The van der Waals surface area contributed by atoms with Crippen molar-refractivity contribution in [1.82, 2.24) is 10.3 Å². The zero-order chi connectivity index (χ0) is 20.6. The van der Waals surface area contributed by atoms with Crippen molar-refractivity contribution in [1.29, 1.82) is 0 Å². The number of amides is 1. The van der Waals surface area contributed by atoms with E-state index in [0.29, 0.717) is 22.4 Å². The molecule has 0 radical (unpaired) electrons. The maximum Gasteiger partial charge on any atom is 0.244 e. The number of carbonyl (C=O) groups excluding carboxylic acids is 1. The molecule has 1 fully saturated rings. The van der Waals surface area contributed by atoms with Gasteiger partial charge in [0.15, 0.2) is 11.5 Å². The average Bonchev–Trinajstić information content (AvgIpc) is 2.75. The van der Waals surface area contributed by atoms with Gasteiger partial charge < -0.3 is 19.5 Å². The monoisotopic (exact) mass is 416 g/mol. The van der Waals surface area contributed by atoms with E-state index in [1.807, 2.05) is 18.2 Å². The van der Waals surface area contributed by atoms with Gasteiger partial charge in [-0.25, -0.2) is 4.98 Å². The molecule has 29 heavy (non-hydrogen) atoms. The molecular weight excluding hydrogens is 392 g/mol. The fourth-order valence-electron chi connectivity index (χ4n) is 3.31. The van der Waals surface area contributed by atoms with E-state index in [1.54, 1.807) is 44.7 Å². The molecule has 1 N–H and O–H groups in total. The first kappa shape index (κ1) is 21.0. The van der Waals surface area contributed by atoms with Crippen molar-refractivity contribution in [3.8, 4) is 17.4 Å². The standard InChI is InChI=1S/C22H25ClN2O4/c1-27-19-10-3-15(13-20(19)28-2)4-11-21(26)25-17-6-8-18(9-7-17)29-22-12-5-16(23)14-24-22/h3-5,10-14,17-18H,6-9H2,1-2H3,(H,25,26)/b11-4+. The molecule has 1 aromatic heterocycles. The molecule has 1 heterocycles. The van der Waals surface area contributed by atoms with E-state index >= 15 is 0 Å². The summed E-state index contributed by atoms with van der Waals surface area (Å²) in [5.41, 5.74) is 0.866. The quantitative estimate of drug-likeness (QED) is 0.682. The van der Waals surface area contributed by atoms with Crippen LogP contribution in [0, 0.1) is 0 Å². The molecule has 6 nitrogen and oxygen atoms in total. The van der Waals surface area contributed by atoms with Gasteiger partial charge >= 0.3 is 0 Å². The van der Waals surface area contributed by atoms with Crippen LogP contribution in [0.5, 0.6) is 17.4 Å². The minimum Gasteiger partial charge on any atom is -0.493 e. The van der Waals surface area contributed by atoms with Gasteiger partial charge in [0.2, 0.25) is 11.8 Å². The number of halogens is 1. The van der Waals surface area contributed by atoms with Gasteiger partial charge in [-0.15, -0.1) is 0 Å². The molecule has 7 heteroatoms. The highest BCUT2D eigenvalue weighted by Crippen LogP contribution is 2.28. The normalized spacial score (nSPS) is 19.0. The molecule has 3 rings (SSSR count). The molecular formula is C22H25ClN2O4. The smallest absolute Gasteiger partial charge is 0.244 e. The van der Waals surface area contributed by atoms with E-state index in [0.717, 1.165) is 31.2 Å². The highest BCUT2D eigenvalue weighted by molar-refractivity contribution is 6.30. The Morgan fingerprint density at radius 1 is 1.10 bits per heavy atom. The number of aromatic nitrogens is 1. The van der Waals surface area contributed by atoms with E-state index in [2.05, 4.69) is 10.3 Å². The van der Waals surface area contributed by atoms with Gasteiger partial charge in [0.05, 0.1) is 19.2 Å².